The quantitative estimate of drug-likeness (QED) is 0.828. The van der Waals surface area contributed by atoms with E-state index >= 15 is 0 Å². The first-order valence-corrected chi connectivity index (χ1v) is 6.61. The van der Waals surface area contributed by atoms with E-state index in [4.69, 9.17) is 4.74 Å². The van der Waals surface area contributed by atoms with Crippen molar-refractivity contribution in [3.63, 3.8) is 0 Å². The fourth-order valence-corrected chi connectivity index (χ4v) is 2.58. The summed E-state index contributed by atoms with van der Waals surface area (Å²) in [6, 6.07) is 6.11. The van der Waals surface area contributed by atoms with Gasteiger partial charge in [0.2, 0.25) is 0 Å². The van der Waals surface area contributed by atoms with Crippen molar-refractivity contribution >= 4 is 17.7 Å². The highest BCUT2D eigenvalue weighted by atomic mass is 32.2. The molecule has 0 aromatic heterocycles. The zero-order valence-electron chi connectivity index (χ0n) is 9.56. The van der Waals surface area contributed by atoms with Gasteiger partial charge in [0.15, 0.2) is 17.7 Å². The number of benzene rings is 1. The van der Waals surface area contributed by atoms with Crippen LogP contribution in [-0.2, 0) is 4.79 Å². The van der Waals surface area contributed by atoms with Crippen LogP contribution in [0.1, 0.15) is 6.92 Å². The maximum atomic E-state index is 13.3. The molecule has 0 bridgehead atoms. The molecule has 2 rings (SSSR count). The van der Waals surface area contributed by atoms with E-state index in [0.717, 1.165) is 12.3 Å². The molecular formula is C12H14FNO2S. The monoisotopic (exact) mass is 255 g/mol. The van der Waals surface area contributed by atoms with E-state index < -0.39 is 11.9 Å². The molecule has 1 aliphatic heterocycles. The molecule has 1 unspecified atom stereocenters. The second kappa shape index (κ2) is 5.40. The third kappa shape index (κ3) is 2.91. The van der Waals surface area contributed by atoms with Gasteiger partial charge in [-0.25, -0.2) is 4.39 Å². The molecule has 0 N–H and O–H groups in total. The van der Waals surface area contributed by atoms with Crippen LogP contribution in [0.5, 0.6) is 5.75 Å². The van der Waals surface area contributed by atoms with Crippen LogP contribution >= 0.6 is 11.8 Å². The maximum Gasteiger partial charge on any atom is 0.264 e. The zero-order valence-corrected chi connectivity index (χ0v) is 10.4. The lowest BCUT2D eigenvalue weighted by Crippen LogP contribution is -2.38. The van der Waals surface area contributed by atoms with E-state index in [1.54, 1.807) is 35.7 Å². The number of amides is 1. The third-order valence-electron chi connectivity index (χ3n) is 2.55. The maximum absolute atomic E-state index is 13.3. The van der Waals surface area contributed by atoms with Crippen LogP contribution in [0.3, 0.4) is 0 Å². The van der Waals surface area contributed by atoms with E-state index in [0.29, 0.717) is 5.88 Å². The number of nitrogens with zero attached hydrogens (tertiary/aromatic N) is 1. The average Bonchev–Trinajstić information content (AvgIpc) is 2.84. The second-order valence-electron chi connectivity index (χ2n) is 3.83. The Balaban J connectivity index is 1.99. The summed E-state index contributed by atoms with van der Waals surface area (Å²) in [7, 11) is 0. The third-order valence-corrected chi connectivity index (χ3v) is 3.52. The topological polar surface area (TPSA) is 29.5 Å². The SMILES string of the molecule is CC(Oc1ccccc1F)C(=O)N1CCSC1. The van der Waals surface area contributed by atoms with Gasteiger partial charge in [-0.3, -0.25) is 4.79 Å². The van der Waals surface area contributed by atoms with E-state index in [2.05, 4.69) is 0 Å². The van der Waals surface area contributed by atoms with Crippen LogP contribution in [-0.4, -0.2) is 35.1 Å². The van der Waals surface area contributed by atoms with Crippen molar-refractivity contribution in [2.75, 3.05) is 18.2 Å². The lowest BCUT2D eigenvalue weighted by Gasteiger charge is -2.20. The lowest BCUT2D eigenvalue weighted by atomic mass is 10.3. The number of carbonyl (C=O) groups is 1. The van der Waals surface area contributed by atoms with Crippen molar-refractivity contribution in [1.29, 1.82) is 0 Å². The first kappa shape index (κ1) is 12.2. The fraction of sp³-hybridized carbons (Fsp3) is 0.417. The number of rotatable bonds is 3. The first-order chi connectivity index (χ1) is 8.18. The summed E-state index contributed by atoms with van der Waals surface area (Å²) in [6.07, 6.45) is -0.648. The molecule has 1 atom stereocenters. The van der Waals surface area contributed by atoms with Gasteiger partial charge in [-0.15, -0.1) is 11.8 Å². The largest absolute Gasteiger partial charge is 0.478 e. The highest BCUT2D eigenvalue weighted by Gasteiger charge is 2.25. The van der Waals surface area contributed by atoms with E-state index in [-0.39, 0.29) is 11.7 Å². The van der Waals surface area contributed by atoms with Crippen LogP contribution in [0, 0.1) is 5.82 Å². The molecule has 1 fully saturated rings. The predicted octanol–water partition coefficient (Wildman–Crippen LogP) is 2.13. The minimum Gasteiger partial charge on any atom is -0.478 e. The molecule has 3 nitrogen and oxygen atoms in total. The molecular weight excluding hydrogens is 241 g/mol. The van der Waals surface area contributed by atoms with Crippen LogP contribution in [0.2, 0.25) is 0 Å². The Morgan fingerprint density at radius 2 is 2.29 bits per heavy atom. The molecule has 1 saturated heterocycles. The van der Waals surface area contributed by atoms with Gasteiger partial charge >= 0.3 is 0 Å². The molecule has 1 amide bonds. The number of hydrogen-bond acceptors (Lipinski definition) is 3. The van der Waals surface area contributed by atoms with Crippen molar-refractivity contribution in [2.24, 2.45) is 0 Å². The number of ether oxygens (including phenoxy) is 1. The van der Waals surface area contributed by atoms with E-state index in [1.807, 2.05) is 0 Å². The van der Waals surface area contributed by atoms with Crippen molar-refractivity contribution in [3.8, 4) is 5.75 Å². The van der Waals surface area contributed by atoms with Gasteiger partial charge in [-0.1, -0.05) is 12.1 Å². The molecule has 92 valence electrons. The Hall–Kier alpha value is -1.23. The number of hydrogen-bond donors (Lipinski definition) is 0. The van der Waals surface area contributed by atoms with Crippen LogP contribution < -0.4 is 4.74 Å². The molecule has 1 aromatic carbocycles. The van der Waals surface area contributed by atoms with Crippen molar-refractivity contribution < 1.29 is 13.9 Å². The summed E-state index contributed by atoms with van der Waals surface area (Å²) in [4.78, 5) is 13.7. The summed E-state index contributed by atoms with van der Waals surface area (Å²) in [5, 5.41) is 0. The summed E-state index contributed by atoms with van der Waals surface area (Å²) >= 11 is 1.71. The summed E-state index contributed by atoms with van der Waals surface area (Å²) in [6.45, 7) is 2.40. The summed E-state index contributed by atoms with van der Waals surface area (Å²) < 4.78 is 18.7. The minimum absolute atomic E-state index is 0.0850. The summed E-state index contributed by atoms with van der Waals surface area (Å²) in [5.74, 6) is 1.25. The first-order valence-electron chi connectivity index (χ1n) is 5.46. The van der Waals surface area contributed by atoms with Crippen molar-refractivity contribution in [2.45, 2.75) is 13.0 Å². The Bertz CT molecular complexity index is 407. The zero-order chi connectivity index (χ0) is 12.3. The number of para-hydroxylation sites is 1. The van der Waals surface area contributed by atoms with Crippen molar-refractivity contribution in [3.05, 3.63) is 30.1 Å². The molecule has 0 radical (unpaired) electrons. The highest BCUT2D eigenvalue weighted by molar-refractivity contribution is 7.99. The minimum atomic E-state index is -0.648. The predicted molar refractivity (Wildman–Crippen MR) is 65.5 cm³/mol. The van der Waals surface area contributed by atoms with Crippen LogP contribution in [0.25, 0.3) is 0 Å². The molecule has 0 aliphatic carbocycles. The Morgan fingerprint density at radius 1 is 1.53 bits per heavy atom. The highest BCUT2D eigenvalue weighted by Crippen LogP contribution is 2.19. The number of carbonyl (C=O) groups excluding carboxylic acids is 1. The van der Waals surface area contributed by atoms with Gasteiger partial charge in [0.1, 0.15) is 0 Å². The molecule has 17 heavy (non-hydrogen) atoms. The fourth-order valence-electron chi connectivity index (χ4n) is 1.63. The smallest absolute Gasteiger partial charge is 0.264 e. The molecule has 0 spiro atoms. The lowest BCUT2D eigenvalue weighted by molar-refractivity contribution is -0.136. The van der Waals surface area contributed by atoms with E-state index in [9.17, 15) is 9.18 Å². The van der Waals surface area contributed by atoms with Gasteiger partial charge in [0, 0.05) is 12.3 Å². The average molecular weight is 255 g/mol. The van der Waals surface area contributed by atoms with Crippen molar-refractivity contribution in [1.82, 2.24) is 4.90 Å². The second-order valence-corrected chi connectivity index (χ2v) is 4.90. The van der Waals surface area contributed by atoms with Gasteiger partial charge < -0.3 is 9.64 Å². The van der Waals surface area contributed by atoms with E-state index in [1.165, 1.54) is 12.1 Å². The van der Waals surface area contributed by atoms with Gasteiger partial charge in [-0.05, 0) is 19.1 Å². The molecule has 0 saturated carbocycles. The molecule has 1 aliphatic rings. The Morgan fingerprint density at radius 3 is 2.94 bits per heavy atom. The number of thioether (sulfide) groups is 1. The van der Waals surface area contributed by atoms with Gasteiger partial charge in [0.25, 0.3) is 5.91 Å². The molecule has 5 heteroatoms. The normalized spacial score (nSPS) is 16.9. The standard InChI is InChI=1S/C12H14FNO2S/c1-9(12(15)14-6-7-17-8-14)16-11-5-3-2-4-10(11)13/h2-5,9H,6-8H2,1H3. The van der Waals surface area contributed by atoms with Crippen LogP contribution in [0.15, 0.2) is 24.3 Å². The number of halogens is 1. The Labute approximate surface area is 104 Å². The molecule has 1 aromatic rings. The Kier molecular flexibility index (Phi) is 3.89. The van der Waals surface area contributed by atoms with Gasteiger partial charge in [-0.2, -0.15) is 0 Å². The molecule has 1 heterocycles. The van der Waals surface area contributed by atoms with Crippen LogP contribution in [0.4, 0.5) is 4.39 Å². The summed E-state index contributed by atoms with van der Waals surface area (Å²) in [5.41, 5.74) is 0. The van der Waals surface area contributed by atoms with Gasteiger partial charge in [0.05, 0.1) is 5.88 Å².